The van der Waals surface area contributed by atoms with Gasteiger partial charge in [0, 0.05) is 0 Å². The van der Waals surface area contributed by atoms with Crippen LogP contribution in [-0.4, -0.2) is 11.1 Å². The van der Waals surface area contributed by atoms with Gasteiger partial charge in [0.15, 0.2) is 0 Å². The Balaban J connectivity index is 2.63. The molecule has 1 aliphatic rings. The lowest BCUT2D eigenvalue weighted by molar-refractivity contribution is -0.148. The molecule has 0 heterocycles. The average molecular weight is 168 g/mol. The van der Waals surface area contributed by atoms with Crippen LogP contribution in [0.25, 0.3) is 0 Å². The van der Waals surface area contributed by atoms with Gasteiger partial charge < -0.3 is 5.11 Å². The lowest BCUT2D eigenvalue weighted by Gasteiger charge is -2.24. The summed E-state index contributed by atoms with van der Waals surface area (Å²) in [5.41, 5.74) is -0.481. The van der Waals surface area contributed by atoms with Gasteiger partial charge >= 0.3 is 5.97 Å². The summed E-state index contributed by atoms with van der Waals surface area (Å²) in [6.07, 6.45) is 8.78. The molecular weight excluding hydrogens is 152 g/mol. The Morgan fingerprint density at radius 1 is 1.33 bits per heavy atom. The van der Waals surface area contributed by atoms with Gasteiger partial charge in [-0.05, 0) is 39.0 Å². The number of rotatable bonds is 1. The van der Waals surface area contributed by atoms with Gasteiger partial charge in [-0.1, -0.05) is 12.2 Å². The first-order valence-corrected chi connectivity index (χ1v) is 4.53. The molecule has 68 valence electrons. The molecule has 1 atom stereocenters. The molecule has 0 saturated carbocycles. The van der Waals surface area contributed by atoms with Gasteiger partial charge in [0.2, 0.25) is 0 Å². The van der Waals surface area contributed by atoms with Crippen LogP contribution in [0.5, 0.6) is 0 Å². The number of hydrogen-bond acceptors (Lipinski definition) is 1. The van der Waals surface area contributed by atoms with Crippen LogP contribution in [-0.2, 0) is 4.79 Å². The largest absolute Gasteiger partial charge is 0.481 e. The zero-order chi connectivity index (χ0) is 9.03. The highest BCUT2D eigenvalue weighted by molar-refractivity contribution is 5.74. The average Bonchev–Trinajstić information content (AvgIpc) is 1.97. The van der Waals surface area contributed by atoms with E-state index in [-0.39, 0.29) is 0 Å². The summed E-state index contributed by atoms with van der Waals surface area (Å²) in [6.45, 7) is 1.86. The quantitative estimate of drug-likeness (QED) is 0.611. The zero-order valence-electron chi connectivity index (χ0n) is 7.55. The molecule has 1 unspecified atom stereocenters. The van der Waals surface area contributed by atoms with Crippen LogP contribution in [0.1, 0.15) is 39.0 Å². The first kappa shape index (κ1) is 9.30. The third kappa shape index (κ3) is 2.10. The first-order valence-electron chi connectivity index (χ1n) is 4.53. The van der Waals surface area contributed by atoms with E-state index in [9.17, 15) is 4.79 Å². The number of aliphatic carboxylic acids is 1. The summed E-state index contributed by atoms with van der Waals surface area (Å²) < 4.78 is 0. The van der Waals surface area contributed by atoms with E-state index in [1.54, 1.807) is 0 Å². The summed E-state index contributed by atoms with van der Waals surface area (Å²) in [5.74, 6) is -0.641. The molecular formula is C10H16O2. The molecule has 1 rings (SSSR count). The van der Waals surface area contributed by atoms with E-state index in [0.717, 1.165) is 32.1 Å². The molecule has 0 aromatic heterocycles. The molecule has 0 aromatic carbocycles. The number of hydrogen-bond donors (Lipinski definition) is 1. The van der Waals surface area contributed by atoms with Crippen molar-refractivity contribution < 1.29 is 9.90 Å². The second-order valence-corrected chi connectivity index (χ2v) is 3.77. The normalized spacial score (nSPS) is 33.4. The molecule has 0 saturated heterocycles. The molecule has 1 aliphatic carbocycles. The van der Waals surface area contributed by atoms with Gasteiger partial charge in [0.25, 0.3) is 0 Å². The summed E-state index contributed by atoms with van der Waals surface area (Å²) in [7, 11) is 0. The molecule has 0 spiro atoms. The van der Waals surface area contributed by atoms with Gasteiger partial charge in [-0.25, -0.2) is 0 Å². The number of carboxylic acid groups (broad SMARTS) is 1. The maximum atomic E-state index is 10.9. The second kappa shape index (κ2) is 3.74. The highest BCUT2D eigenvalue weighted by Crippen LogP contribution is 2.31. The fourth-order valence-corrected chi connectivity index (χ4v) is 1.59. The zero-order valence-corrected chi connectivity index (χ0v) is 7.55. The third-order valence-corrected chi connectivity index (χ3v) is 2.65. The molecule has 2 nitrogen and oxygen atoms in total. The Morgan fingerprint density at radius 2 is 2.00 bits per heavy atom. The molecule has 1 N–H and O–H groups in total. The maximum absolute atomic E-state index is 10.9. The predicted octanol–water partition coefficient (Wildman–Crippen LogP) is 2.60. The van der Waals surface area contributed by atoms with Crippen molar-refractivity contribution in [2.24, 2.45) is 5.41 Å². The summed E-state index contributed by atoms with van der Waals surface area (Å²) in [5, 5.41) is 8.99. The van der Waals surface area contributed by atoms with Crippen molar-refractivity contribution >= 4 is 5.97 Å². The molecule has 0 aromatic rings. The van der Waals surface area contributed by atoms with E-state index in [4.69, 9.17) is 5.11 Å². The van der Waals surface area contributed by atoms with Gasteiger partial charge in [0.1, 0.15) is 0 Å². The lowest BCUT2D eigenvalue weighted by atomic mass is 9.79. The number of allylic oxidation sites excluding steroid dienone is 2. The Morgan fingerprint density at radius 3 is 2.67 bits per heavy atom. The van der Waals surface area contributed by atoms with Crippen LogP contribution in [0.2, 0.25) is 0 Å². The molecule has 2 heteroatoms. The van der Waals surface area contributed by atoms with Crippen molar-refractivity contribution in [3.05, 3.63) is 12.2 Å². The van der Waals surface area contributed by atoms with Crippen LogP contribution in [0.15, 0.2) is 12.2 Å². The summed E-state index contributed by atoms with van der Waals surface area (Å²) in [6, 6.07) is 0. The summed E-state index contributed by atoms with van der Waals surface area (Å²) in [4.78, 5) is 10.9. The number of carboxylic acids is 1. The molecule has 0 aliphatic heterocycles. The van der Waals surface area contributed by atoms with Crippen molar-refractivity contribution in [1.82, 2.24) is 0 Å². The Kier molecular flexibility index (Phi) is 2.90. The topological polar surface area (TPSA) is 37.3 Å². The van der Waals surface area contributed by atoms with Gasteiger partial charge in [-0.15, -0.1) is 0 Å². The van der Waals surface area contributed by atoms with E-state index in [0.29, 0.717) is 0 Å². The molecule has 0 fully saturated rings. The van der Waals surface area contributed by atoms with E-state index < -0.39 is 11.4 Å². The van der Waals surface area contributed by atoms with Gasteiger partial charge in [-0.3, -0.25) is 4.79 Å². The van der Waals surface area contributed by atoms with E-state index >= 15 is 0 Å². The molecule has 0 radical (unpaired) electrons. The lowest BCUT2D eigenvalue weighted by Crippen LogP contribution is -2.27. The Hall–Kier alpha value is -0.790. The van der Waals surface area contributed by atoms with Crippen molar-refractivity contribution in [3.63, 3.8) is 0 Å². The van der Waals surface area contributed by atoms with Crippen molar-refractivity contribution in [1.29, 1.82) is 0 Å². The van der Waals surface area contributed by atoms with Crippen LogP contribution in [0, 0.1) is 5.41 Å². The van der Waals surface area contributed by atoms with Crippen molar-refractivity contribution in [2.45, 2.75) is 39.0 Å². The molecule has 0 bridgehead atoms. The standard InChI is InChI=1S/C10H16O2/c1-10(9(11)12)7-5-3-2-4-6-8-10/h2-3H,4-8H2,1H3,(H,11,12)/b3-2+. The summed E-state index contributed by atoms with van der Waals surface area (Å²) >= 11 is 0. The Bertz CT molecular complexity index is 196. The minimum absolute atomic E-state index is 0.481. The highest BCUT2D eigenvalue weighted by Gasteiger charge is 2.31. The maximum Gasteiger partial charge on any atom is 0.309 e. The minimum Gasteiger partial charge on any atom is -0.481 e. The van der Waals surface area contributed by atoms with E-state index in [1.165, 1.54) is 0 Å². The monoisotopic (exact) mass is 168 g/mol. The fourth-order valence-electron chi connectivity index (χ4n) is 1.59. The van der Waals surface area contributed by atoms with Crippen LogP contribution >= 0.6 is 0 Å². The predicted molar refractivity (Wildman–Crippen MR) is 48.0 cm³/mol. The van der Waals surface area contributed by atoms with Crippen LogP contribution in [0.4, 0.5) is 0 Å². The van der Waals surface area contributed by atoms with Gasteiger partial charge in [0.05, 0.1) is 5.41 Å². The molecule has 0 amide bonds. The van der Waals surface area contributed by atoms with Gasteiger partial charge in [-0.2, -0.15) is 0 Å². The van der Waals surface area contributed by atoms with Crippen molar-refractivity contribution in [3.8, 4) is 0 Å². The fraction of sp³-hybridized carbons (Fsp3) is 0.700. The second-order valence-electron chi connectivity index (χ2n) is 3.77. The van der Waals surface area contributed by atoms with Crippen LogP contribution in [0.3, 0.4) is 0 Å². The third-order valence-electron chi connectivity index (χ3n) is 2.65. The SMILES string of the molecule is CC1(C(=O)O)CC/C=C/CCC1. The smallest absolute Gasteiger partial charge is 0.309 e. The Labute approximate surface area is 73.3 Å². The number of carbonyl (C=O) groups is 1. The van der Waals surface area contributed by atoms with Crippen molar-refractivity contribution in [2.75, 3.05) is 0 Å². The highest BCUT2D eigenvalue weighted by atomic mass is 16.4. The van der Waals surface area contributed by atoms with E-state index in [2.05, 4.69) is 12.2 Å². The van der Waals surface area contributed by atoms with E-state index in [1.807, 2.05) is 6.92 Å². The minimum atomic E-state index is -0.641. The van der Waals surface area contributed by atoms with Crippen LogP contribution < -0.4 is 0 Å². The first-order chi connectivity index (χ1) is 5.65. The molecule has 12 heavy (non-hydrogen) atoms.